The van der Waals surface area contributed by atoms with Gasteiger partial charge in [-0.15, -0.1) is 0 Å². The van der Waals surface area contributed by atoms with E-state index < -0.39 is 0 Å². The van der Waals surface area contributed by atoms with Gasteiger partial charge in [0.2, 0.25) is 5.91 Å². The van der Waals surface area contributed by atoms with Crippen LogP contribution in [0.1, 0.15) is 12.8 Å². The van der Waals surface area contributed by atoms with Gasteiger partial charge in [-0.3, -0.25) is 9.89 Å². The van der Waals surface area contributed by atoms with E-state index in [0.29, 0.717) is 24.5 Å². The van der Waals surface area contributed by atoms with E-state index in [1.54, 1.807) is 30.5 Å². The van der Waals surface area contributed by atoms with Crippen molar-refractivity contribution < 1.29 is 9.53 Å². The Morgan fingerprint density at radius 3 is 2.87 bits per heavy atom. The van der Waals surface area contributed by atoms with Gasteiger partial charge in [0.05, 0.1) is 24.0 Å². The number of aromatic amines is 1. The van der Waals surface area contributed by atoms with E-state index in [1.165, 1.54) is 0 Å². The molecular formula is C17H16ClN3O2. The summed E-state index contributed by atoms with van der Waals surface area (Å²) in [5.41, 5.74) is 1.57. The van der Waals surface area contributed by atoms with Gasteiger partial charge < -0.3 is 10.1 Å². The third-order valence-corrected chi connectivity index (χ3v) is 3.63. The third kappa shape index (κ3) is 4.02. The van der Waals surface area contributed by atoms with Crippen molar-refractivity contribution in [1.82, 2.24) is 10.2 Å². The molecule has 3 rings (SSSR count). The number of hydrogen-bond acceptors (Lipinski definition) is 3. The average molecular weight is 330 g/mol. The molecule has 118 valence electrons. The van der Waals surface area contributed by atoms with Gasteiger partial charge in [0.25, 0.3) is 0 Å². The van der Waals surface area contributed by atoms with E-state index in [9.17, 15) is 4.79 Å². The van der Waals surface area contributed by atoms with Crippen molar-refractivity contribution in [2.24, 2.45) is 0 Å². The average Bonchev–Trinajstić information content (AvgIpc) is 3.03. The maximum Gasteiger partial charge on any atom is 0.224 e. The minimum absolute atomic E-state index is 0.0493. The molecule has 1 aromatic heterocycles. The molecule has 0 fully saturated rings. The molecule has 0 aliphatic rings. The molecule has 2 N–H and O–H groups in total. The molecule has 0 bridgehead atoms. The molecule has 0 radical (unpaired) electrons. The fraction of sp³-hybridized carbons (Fsp3) is 0.176. The number of carbonyl (C=O) groups is 1. The standard InChI is InChI=1S/C17H16ClN3O2/c18-13-6-8-14(9-7-13)23-10-2-5-16(22)20-15-4-1-3-12-11-19-21-17(12)15/h1,3-4,6-9,11H,2,5,10H2,(H,19,21)(H,20,22). The molecule has 6 heteroatoms. The molecule has 1 amide bonds. The zero-order valence-electron chi connectivity index (χ0n) is 12.4. The highest BCUT2D eigenvalue weighted by atomic mass is 35.5. The molecule has 0 aliphatic carbocycles. The van der Waals surface area contributed by atoms with Crippen LogP contribution in [0.25, 0.3) is 10.9 Å². The summed E-state index contributed by atoms with van der Waals surface area (Å²) in [6.07, 6.45) is 2.75. The molecule has 3 aromatic rings. The Morgan fingerprint density at radius 2 is 2.04 bits per heavy atom. The number of fused-ring (bicyclic) bond motifs is 1. The highest BCUT2D eigenvalue weighted by molar-refractivity contribution is 6.30. The summed E-state index contributed by atoms with van der Waals surface area (Å²) >= 11 is 5.81. The molecule has 0 atom stereocenters. The van der Waals surface area contributed by atoms with Crippen LogP contribution in [0.2, 0.25) is 5.02 Å². The van der Waals surface area contributed by atoms with Gasteiger partial charge in [-0.25, -0.2) is 0 Å². The summed E-state index contributed by atoms with van der Waals surface area (Å²) in [5, 5.41) is 11.4. The lowest BCUT2D eigenvalue weighted by atomic mass is 10.2. The van der Waals surface area contributed by atoms with Crippen LogP contribution in [0, 0.1) is 0 Å². The highest BCUT2D eigenvalue weighted by Gasteiger charge is 2.07. The van der Waals surface area contributed by atoms with Crippen molar-refractivity contribution in [3.05, 3.63) is 53.7 Å². The minimum atomic E-state index is -0.0493. The Morgan fingerprint density at radius 1 is 1.22 bits per heavy atom. The number of hydrogen-bond donors (Lipinski definition) is 2. The summed E-state index contributed by atoms with van der Waals surface area (Å²) in [7, 11) is 0. The van der Waals surface area contributed by atoms with Crippen molar-refractivity contribution in [1.29, 1.82) is 0 Å². The number of benzene rings is 2. The van der Waals surface area contributed by atoms with E-state index in [0.717, 1.165) is 22.3 Å². The summed E-state index contributed by atoms with van der Waals surface area (Å²) in [6.45, 7) is 0.476. The van der Waals surface area contributed by atoms with Gasteiger partial charge in [0.1, 0.15) is 5.75 Å². The molecule has 0 aliphatic heterocycles. The first-order valence-electron chi connectivity index (χ1n) is 7.33. The maximum absolute atomic E-state index is 12.0. The zero-order valence-corrected chi connectivity index (χ0v) is 13.1. The van der Waals surface area contributed by atoms with Crippen LogP contribution in [-0.2, 0) is 4.79 Å². The predicted molar refractivity (Wildman–Crippen MR) is 90.9 cm³/mol. The number of para-hydroxylation sites is 1. The SMILES string of the molecule is O=C(CCCOc1ccc(Cl)cc1)Nc1cccc2cn[nH]c12. The molecule has 0 spiro atoms. The molecule has 0 saturated heterocycles. The lowest BCUT2D eigenvalue weighted by Crippen LogP contribution is -2.13. The molecule has 1 heterocycles. The lowest BCUT2D eigenvalue weighted by Gasteiger charge is -2.08. The second kappa shape index (κ2) is 7.15. The Labute approximate surface area is 138 Å². The summed E-state index contributed by atoms with van der Waals surface area (Å²) in [5.74, 6) is 0.698. The topological polar surface area (TPSA) is 67.0 Å². The maximum atomic E-state index is 12.0. The van der Waals surface area contributed by atoms with E-state index in [4.69, 9.17) is 16.3 Å². The number of amides is 1. The third-order valence-electron chi connectivity index (χ3n) is 3.38. The van der Waals surface area contributed by atoms with Crippen LogP contribution in [-0.4, -0.2) is 22.7 Å². The normalized spacial score (nSPS) is 10.7. The Bertz CT molecular complexity index is 799. The van der Waals surface area contributed by atoms with Crippen molar-refractivity contribution in [3.8, 4) is 5.75 Å². The fourth-order valence-electron chi connectivity index (χ4n) is 2.24. The van der Waals surface area contributed by atoms with Gasteiger partial charge in [-0.05, 0) is 36.8 Å². The van der Waals surface area contributed by atoms with Crippen LogP contribution in [0.4, 0.5) is 5.69 Å². The Hall–Kier alpha value is -2.53. The van der Waals surface area contributed by atoms with Gasteiger partial charge in [-0.1, -0.05) is 23.7 Å². The van der Waals surface area contributed by atoms with Crippen molar-refractivity contribution >= 4 is 34.1 Å². The number of nitrogens with one attached hydrogen (secondary N) is 2. The first-order valence-corrected chi connectivity index (χ1v) is 7.70. The van der Waals surface area contributed by atoms with Crippen molar-refractivity contribution in [2.45, 2.75) is 12.8 Å². The van der Waals surface area contributed by atoms with Crippen LogP contribution in [0.15, 0.2) is 48.7 Å². The monoisotopic (exact) mass is 329 g/mol. The number of halogens is 1. The number of carbonyl (C=O) groups excluding carboxylic acids is 1. The van der Waals surface area contributed by atoms with E-state index >= 15 is 0 Å². The molecule has 23 heavy (non-hydrogen) atoms. The number of H-pyrrole nitrogens is 1. The van der Waals surface area contributed by atoms with Gasteiger partial charge >= 0.3 is 0 Å². The van der Waals surface area contributed by atoms with Crippen LogP contribution < -0.4 is 10.1 Å². The first kappa shape index (κ1) is 15.4. The molecular weight excluding hydrogens is 314 g/mol. The van der Waals surface area contributed by atoms with Gasteiger partial charge in [0.15, 0.2) is 0 Å². The van der Waals surface area contributed by atoms with E-state index in [2.05, 4.69) is 15.5 Å². The first-order chi connectivity index (χ1) is 11.2. The number of anilines is 1. The lowest BCUT2D eigenvalue weighted by molar-refractivity contribution is -0.116. The summed E-state index contributed by atoms with van der Waals surface area (Å²) in [4.78, 5) is 12.0. The number of nitrogens with zero attached hydrogens (tertiary/aromatic N) is 1. The minimum Gasteiger partial charge on any atom is -0.494 e. The summed E-state index contributed by atoms with van der Waals surface area (Å²) < 4.78 is 5.56. The largest absolute Gasteiger partial charge is 0.494 e. The van der Waals surface area contributed by atoms with Crippen LogP contribution >= 0.6 is 11.6 Å². The number of rotatable bonds is 6. The number of ether oxygens (including phenoxy) is 1. The van der Waals surface area contributed by atoms with E-state index in [-0.39, 0.29) is 5.91 Å². The predicted octanol–water partition coefficient (Wildman–Crippen LogP) is 4.01. The van der Waals surface area contributed by atoms with E-state index in [1.807, 2.05) is 18.2 Å². The van der Waals surface area contributed by atoms with Gasteiger partial charge in [-0.2, -0.15) is 5.10 Å². The Balaban J connectivity index is 1.46. The highest BCUT2D eigenvalue weighted by Crippen LogP contribution is 2.20. The molecule has 5 nitrogen and oxygen atoms in total. The quantitative estimate of drug-likeness (QED) is 0.671. The smallest absolute Gasteiger partial charge is 0.224 e. The van der Waals surface area contributed by atoms with Crippen LogP contribution in [0.3, 0.4) is 0 Å². The zero-order chi connectivity index (χ0) is 16.1. The second-order valence-corrected chi connectivity index (χ2v) is 5.53. The summed E-state index contributed by atoms with van der Waals surface area (Å²) in [6, 6.07) is 12.8. The van der Waals surface area contributed by atoms with Crippen molar-refractivity contribution in [2.75, 3.05) is 11.9 Å². The fourth-order valence-corrected chi connectivity index (χ4v) is 2.37. The van der Waals surface area contributed by atoms with Crippen molar-refractivity contribution in [3.63, 3.8) is 0 Å². The second-order valence-electron chi connectivity index (χ2n) is 5.09. The number of aromatic nitrogens is 2. The molecule has 0 saturated carbocycles. The van der Waals surface area contributed by atoms with Crippen LogP contribution in [0.5, 0.6) is 5.75 Å². The molecule has 2 aromatic carbocycles. The Kier molecular flexibility index (Phi) is 4.78. The molecule has 0 unspecified atom stereocenters. The van der Waals surface area contributed by atoms with Gasteiger partial charge in [0, 0.05) is 16.8 Å².